The molecule has 2 heterocycles. The number of nitrogens with one attached hydrogen (secondary N) is 1. The standard InChI is InChI=1S/C13H12ClN5/c14-7-1-4-10-11(5-7)19(8-2-3-8)13(17-10)9-6-16-18-12(9)15/h1,4-6,8H,2-3H2,(H3,15,16,18). The second kappa shape index (κ2) is 3.74. The van der Waals surface area contributed by atoms with Crippen LogP contribution in [0.4, 0.5) is 5.82 Å². The van der Waals surface area contributed by atoms with Gasteiger partial charge in [0.15, 0.2) is 0 Å². The summed E-state index contributed by atoms with van der Waals surface area (Å²) in [5.74, 6) is 1.41. The molecule has 4 rings (SSSR count). The zero-order valence-corrected chi connectivity index (χ0v) is 10.9. The second-order valence-electron chi connectivity index (χ2n) is 4.87. The molecule has 0 aliphatic heterocycles. The van der Waals surface area contributed by atoms with E-state index in [1.165, 1.54) is 12.8 Å². The molecule has 0 spiro atoms. The number of imidazole rings is 1. The number of fused-ring (bicyclic) bond motifs is 1. The number of nitrogen functional groups attached to an aromatic ring is 1. The van der Waals surface area contributed by atoms with Gasteiger partial charge in [-0.2, -0.15) is 5.10 Å². The number of aromatic amines is 1. The van der Waals surface area contributed by atoms with Crippen molar-refractivity contribution < 1.29 is 0 Å². The maximum atomic E-state index is 6.10. The number of hydrogen-bond acceptors (Lipinski definition) is 3. The maximum Gasteiger partial charge on any atom is 0.146 e. The first-order valence-electron chi connectivity index (χ1n) is 6.21. The molecule has 0 radical (unpaired) electrons. The van der Waals surface area contributed by atoms with Crippen LogP contribution >= 0.6 is 11.6 Å². The highest BCUT2D eigenvalue weighted by Gasteiger charge is 2.29. The van der Waals surface area contributed by atoms with E-state index in [0.717, 1.165) is 27.4 Å². The van der Waals surface area contributed by atoms with Gasteiger partial charge in [0, 0.05) is 11.1 Å². The molecule has 6 heteroatoms. The van der Waals surface area contributed by atoms with Crippen LogP contribution in [0.1, 0.15) is 18.9 Å². The monoisotopic (exact) mass is 273 g/mol. The van der Waals surface area contributed by atoms with Crippen LogP contribution in [-0.4, -0.2) is 19.7 Å². The molecule has 3 aromatic rings. The molecule has 3 N–H and O–H groups in total. The summed E-state index contributed by atoms with van der Waals surface area (Å²) in [6.07, 6.45) is 4.06. The highest BCUT2D eigenvalue weighted by atomic mass is 35.5. The quantitative estimate of drug-likeness (QED) is 0.754. The van der Waals surface area contributed by atoms with Gasteiger partial charge in [-0.1, -0.05) is 11.6 Å². The minimum Gasteiger partial charge on any atom is -0.383 e. The molecular formula is C13H12ClN5. The van der Waals surface area contributed by atoms with E-state index in [4.69, 9.17) is 17.3 Å². The van der Waals surface area contributed by atoms with Crippen molar-refractivity contribution in [1.29, 1.82) is 0 Å². The molecule has 1 aliphatic carbocycles. The van der Waals surface area contributed by atoms with Gasteiger partial charge < -0.3 is 10.3 Å². The fourth-order valence-electron chi connectivity index (χ4n) is 2.43. The van der Waals surface area contributed by atoms with Crippen molar-refractivity contribution in [2.45, 2.75) is 18.9 Å². The largest absolute Gasteiger partial charge is 0.383 e. The molecule has 19 heavy (non-hydrogen) atoms. The normalized spacial score (nSPS) is 15.2. The van der Waals surface area contributed by atoms with Gasteiger partial charge in [-0.3, -0.25) is 5.10 Å². The van der Waals surface area contributed by atoms with Gasteiger partial charge in [-0.25, -0.2) is 4.98 Å². The summed E-state index contributed by atoms with van der Waals surface area (Å²) in [6, 6.07) is 6.25. The summed E-state index contributed by atoms with van der Waals surface area (Å²) < 4.78 is 2.22. The van der Waals surface area contributed by atoms with Gasteiger partial charge in [0.1, 0.15) is 11.6 Å². The number of hydrogen-bond donors (Lipinski definition) is 2. The van der Waals surface area contributed by atoms with Gasteiger partial charge in [0.25, 0.3) is 0 Å². The Kier molecular flexibility index (Phi) is 2.14. The molecule has 1 saturated carbocycles. The molecule has 5 nitrogen and oxygen atoms in total. The minimum atomic E-state index is 0.493. The molecule has 1 aliphatic rings. The second-order valence-corrected chi connectivity index (χ2v) is 5.30. The first-order chi connectivity index (χ1) is 9.24. The van der Waals surface area contributed by atoms with Crippen molar-refractivity contribution in [1.82, 2.24) is 19.7 Å². The number of benzene rings is 1. The Balaban J connectivity index is 2.05. The SMILES string of the molecule is Nc1[nH]ncc1-c1nc2ccc(Cl)cc2n1C1CC1. The summed E-state index contributed by atoms with van der Waals surface area (Å²) in [6.45, 7) is 0. The van der Waals surface area contributed by atoms with Crippen LogP contribution in [0.5, 0.6) is 0 Å². The Morgan fingerprint density at radius 2 is 2.21 bits per heavy atom. The third-order valence-electron chi connectivity index (χ3n) is 3.47. The van der Waals surface area contributed by atoms with E-state index in [-0.39, 0.29) is 0 Å². The lowest BCUT2D eigenvalue weighted by Crippen LogP contribution is -1.98. The minimum absolute atomic E-state index is 0.493. The van der Waals surface area contributed by atoms with Crippen LogP contribution in [0.2, 0.25) is 5.02 Å². The number of nitrogens with two attached hydrogens (primary N) is 1. The number of rotatable bonds is 2. The predicted molar refractivity (Wildman–Crippen MR) is 75.0 cm³/mol. The van der Waals surface area contributed by atoms with Crippen LogP contribution in [0, 0.1) is 0 Å². The Bertz CT molecular complexity index is 769. The van der Waals surface area contributed by atoms with Crippen LogP contribution in [0.3, 0.4) is 0 Å². The van der Waals surface area contributed by atoms with Crippen LogP contribution in [0.25, 0.3) is 22.4 Å². The zero-order chi connectivity index (χ0) is 13.0. The summed E-state index contributed by atoms with van der Waals surface area (Å²) in [4.78, 5) is 4.68. The van der Waals surface area contributed by atoms with E-state index < -0.39 is 0 Å². The molecule has 1 fully saturated rings. The average molecular weight is 274 g/mol. The van der Waals surface area contributed by atoms with Crippen molar-refractivity contribution in [3.63, 3.8) is 0 Å². The van der Waals surface area contributed by atoms with Gasteiger partial charge in [-0.05, 0) is 31.0 Å². The van der Waals surface area contributed by atoms with E-state index in [2.05, 4.69) is 19.7 Å². The topological polar surface area (TPSA) is 72.5 Å². The van der Waals surface area contributed by atoms with Crippen LogP contribution in [-0.2, 0) is 0 Å². The Labute approximate surface area is 114 Å². The Morgan fingerprint density at radius 3 is 2.89 bits per heavy atom. The number of H-pyrrole nitrogens is 1. The van der Waals surface area contributed by atoms with Gasteiger partial charge in [-0.15, -0.1) is 0 Å². The van der Waals surface area contributed by atoms with E-state index in [0.29, 0.717) is 11.9 Å². The molecule has 96 valence electrons. The molecule has 1 aromatic carbocycles. The third kappa shape index (κ3) is 1.62. The molecule has 0 saturated heterocycles. The fourth-order valence-corrected chi connectivity index (χ4v) is 2.60. The Morgan fingerprint density at radius 1 is 1.37 bits per heavy atom. The van der Waals surface area contributed by atoms with E-state index in [9.17, 15) is 0 Å². The summed E-state index contributed by atoms with van der Waals surface area (Å²) >= 11 is 6.10. The number of halogens is 1. The molecule has 0 atom stereocenters. The van der Waals surface area contributed by atoms with Crippen molar-refractivity contribution >= 4 is 28.5 Å². The van der Waals surface area contributed by atoms with Crippen molar-refractivity contribution in [2.75, 3.05) is 5.73 Å². The van der Waals surface area contributed by atoms with E-state index in [1.54, 1.807) is 6.20 Å². The van der Waals surface area contributed by atoms with E-state index >= 15 is 0 Å². The predicted octanol–water partition coefficient (Wildman–Crippen LogP) is 3.00. The molecule has 2 aromatic heterocycles. The fraction of sp³-hybridized carbons (Fsp3) is 0.231. The first kappa shape index (κ1) is 10.9. The molecule has 0 bridgehead atoms. The summed E-state index contributed by atoms with van der Waals surface area (Å²) in [5.41, 5.74) is 8.76. The van der Waals surface area contributed by atoms with Crippen molar-refractivity contribution in [2.24, 2.45) is 0 Å². The number of anilines is 1. The lowest BCUT2D eigenvalue weighted by atomic mass is 10.3. The van der Waals surface area contributed by atoms with Crippen LogP contribution < -0.4 is 5.73 Å². The third-order valence-corrected chi connectivity index (χ3v) is 3.71. The lowest BCUT2D eigenvalue weighted by molar-refractivity contribution is 0.775. The first-order valence-corrected chi connectivity index (χ1v) is 6.58. The summed E-state index contributed by atoms with van der Waals surface area (Å²) in [7, 11) is 0. The van der Waals surface area contributed by atoms with Crippen molar-refractivity contribution in [3.8, 4) is 11.4 Å². The smallest absolute Gasteiger partial charge is 0.146 e. The molecule has 0 unspecified atom stereocenters. The van der Waals surface area contributed by atoms with Gasteiger partial charge in [0.2, 0.25) is 0 Å². The summed E-state index contributed by atoms with van der Waals surface area (Å²) in [5, 5.41) is 7.46. The number of nitrogens with zero attached hydrogens (tertiary/aromatic N) is 3. The Hall–Kier alpha value is -2.01. The van der Waals surface area contributed by atoms with Crippen molar-refractivity contribution in [3.05, 3.63) is 29.4 Å². The zero-order valence-electron chi connectivity index (χ0n) is 10.1. The molecule has 0 amide bonds. The van der Waals surface area contributed by atoms with Gasteiger partial charge >= 0.3 is 0 Å². The van der Waals surface area contributed by atoms with E-state index in [1.807, 2.05) is 18.2 Å². The number of aromatic nitrogens is 4. The molecular weight excluding hydrogens is 262 g/mol. The average Bonchev–Trinajstić information content (AvgIpc) is 3.03. The highest BCUT2D eigenvalue weighted by Crippen LogP contribution is 2.42. The maximum absolute atomic E-state index is 6.10. The van der Waals surface area contributed by atoms with Gasteiger partial charge in [0.05, 0.1) is 22.8 Å². The van der Waals surface area contributed by atoms with Crippen LogP contribution in [0.15, 0.2) is 24.4 Å². The highest BCUT2D eigenvalue weighted by molar-refractivity contribution is 6.31. The lowest BCUT2D eigenvalue weighted by Gasteiger charge is -2.06.